The molecule has 2 rings (SSSR count). The number of nitrogens with zero attached hydrogens (tertiary/aromatic N) is 1. The zero-order chi connectivity index (χ0) is 17.0. The molecule has 1 aromatic carbocycles. The van der Waals surface area contributed by atoms with Crippen LogP contribution in [0.3, 0.4) is 0 Å². The van der Waals surface area contributed by atoms with E-state index in [2.05, 4.69) is 10.3 Å². The predicted octanol–water partition coefficient (Wildman–Crippen LogP) is 2.88. The Morgan fingerprint density at radius 3 is 2.70 bits per heavy atom. The van der Waals surface area contributed by atoms with Gasteiger partial charge in [-0.05, 0) is 33.8 Å². The zero-order valence-electron chi connectivity index (χ0n) is 13.8. The summed E-state index contributed by atoms with van der Waals surface area (Å²) >= 11 is 0. The molecule has 0 bridgehead atoms. The highest BCUT2D eigenvalue weighted by atomic mass is 16.5. The van der Waals surface area contributed by atoms with E-state index in [-0.39, 0.29) is 12.7 Å². The van der Waals surface area contributed by atoms with Crippen molar-refractivity contribution in [1.29, 1.82) is 0 Å². The summed E-state index contributed by atoms with van der Waals surface area (Å²) in [7, 11) is 0. The van der Waals surface area contributed by atoms with E-state index in [4.69, 9.17) is 9.47 Å². The Morgan fingerprint density at radius 2 is 2.04 bits per heavy atom. The topological polar surface area (TPSA) is 77.0 Å². The van der Waals surface area contributed by atoms with Gasteiger partial charge >= 0.3 is 12.0 Å². The van der Waals surface area contributed by atoms with Gasteiger partial charge in [-0.15, -0.1) is 0 Å². The largest absolute Gasteiger partial charge is 0.491 e. The first-order valence-corrected chi connectivity index (χ1v) is 7.72. The normalized spacial score (nSPS) is 20.7. The van der Waals surface area contributed by atoms with Crippen LogP contribution in [-0.2, 0) is 9.53 Å². The van der Waals surface area contributed by atoms with Gasteiger partial charge in [-0.1, -0.05) is 18.2 Å². The Morgan fingerprint density at radius 1 is 1.35 bits per heavy atom. The number of para-hydroxylation sites is 1. The van der Waals surface area contributed by atoms with E-state index in [9.17, 15) is 9.59 Å². The van der Waals surface area contributed by atoms with E-state index in [0.717, 1.165) is 5.56 Å². The molecule has 0 spiro atoms. The molecule has 6 nitrogen and oxygen atoms in total. The Hall–Kier alpha value is -2.37. The van der Waals surface area contributed by atoms with Gasteiger partial charge in [-0.2, -0.15) is 0 Å². The van der Waals surface area contributed by atoms with Gasteiger partial charge in [0, 0.05) is 11.3 Å². The number of urea groups is 1. The number of rotatable bonds is 5. The standard InChI is InChI=1S/C17H22N2O4/c1-5-22-16(20)14-11(4)18-17(21)19-15(14)12-8-6-7-9-13(12)23-10(2)3/h6-10,14-15H,5H2,1-4H3,(H,19,21). The molecule has 2 atom stereocenters. The summed E-state index contributed by atoms with van der Waals surface area (Å²) in [6.45, 7) is 7.53. The van der Waals surface area contributed by atoms with Gasteiger partial charge in [0.15, 0.2) is 0 Å². The molecule has 2 unspecified atom stereocenters. The molecule has 124 valence electrons. The number of hydrogen-bond acceptors (Lipinski definition) is 4. The van der Waals surface area contributed by atoms with E-state index in [1.165, 1.54) is 0 Å². The van der Waals surface area contributed by atoms with Crippen LogP contribution in [0.5, 0.6) is 5.75 Å². The molecule has 0 aliphatic carbocycles. The predicted molar refractivity (Wildman–Crippen MR) is 86.7 cm³/mol. The molecule has 0 saturated heterocycles. The number of nitrogens with one attached hydrogen (secondary N) is 1. The Balaban J connectivity index is 2.44. The van der Waals surface area contributed by atoms with Crippen molar-refractivity contribution < 1.29 is 19.1 Å². The van der Waals surface area contributed by atoms with Gasteiger partial charge in [-0.25, -0.2) is 9.79 Å². The summed E-state index contributed by atoms with van der Waals surface area (Å²) < 4.78 is 11.0. The highest BCUT2D eigenvalue weighted by Crippen LogP contribution is 2.34. The average Bonchev–Trinajstić information content (AvgIpc) is 2.46. The first-order chi connectivity index (χ1) is 10.9. The number of esters is 1. The van der Waals surface area contributed by atoms with Crippen molar-refractivity contribution in [3.05, 3.63) is 29.8 Å². The van der Waals surface area contributed by atoms with E-state index >= 15 is 0 Å². The zero-order valence-corrected chi connectivity index (χ0v) is 13.8. The van der Waals surface area contributed by atoms with Crippen molar-refractivity contribution >= 4 is 17.7 Å². The molecule has 1 aromatic rings. The minimum atomic E-state index is -0.662. The summed E-state index contributed by atoms with van der Waals surface area (Å²) in [5.41, 5.74) is 1.18. The number of benzene rings is 1. The van der Waals surface area contributed by atoms with Crippen molar-refractivity contribution in [1.82, 2.24) is 5.32 Å². The number of aliphatic imine (C=N–C) groups is 1. The van der Waals surface area contributed by atoms with Crippen LogP contribution in [-0.4, -0.2) is 30.4 Å². The monoisotopic (exact) mass is 318 g/mol. The lowest BCUT2D eigenvalue weighted by Gasteiger charge is -2.31. The molecule has 0 saturated carbocycles. The average molecular weight is 318 g/mol. The van der Waals surface area contributed by atoms with Crippen molar-refractivity contribution in [2.75, 3.05) is 6.61 Å². The maximum absolute atomic E-state index is 12.3. The fourth-order valence-electron chi connectivity index (χ4n) is 2.61. The number of carbonyl (C=O) groups is 2. The Bertz CT molecular complexity index is 625. The fraction of sp³-hybridized carbons (Fsp3) is 0.471. The minimum Gasteiger partial charge on any atom is -0.491 e. The first-order valence-electron chi connectivity index (χ1n) is 7.72. The van der Waals surface area contributed by atoms with Gasteiger partial charge in [0.05, 0.1) is 18.8 Å². The molecule has 0 fully saturated rings. The lowest BCUT2D eigenvalue weighted by molar-refractivity contribution is -0.146. The summed E-state index contributed by atoms with van der Waals surface area (Å²) in [5, 5.41) is 2.76. The van der Waals surface area contributed by atoms with E-state index < -0.39 is 24.0 Å². The van der Waals surface area contributed by atoms with Crippen LogP contribution in [0.25, 0.3) is 0 Å². The van der Waals surface area contributed by atoms with Crippen molar-refractivity contribution in [2.24, 2.45) is 10.9 Å². The summed E-state index contributed by atoms with van der Waals surface area (Å²) in [5.74, 6) is -0.431. The van der Waals surface area contributed by atoms with Gasteiger partial charge < -0.3 is 14.8 Å². The Labute approximate surface area is 135 Å². The number of ether oxygens (including phenoxy) is 2. The molecule has 0 aromatic heterocycles. The van der Waals surface area contributed by atoms with Crippen LogP contribution >= 0.6 is 0 Å². The third-order valence-electron chi connectivity index (χ3n) is 3.50. The number of amides is 2. The maximum atomic E-state index is 12.3. The van der Waals surface area contributed by atoms with Crippen LogP contribution in [0.2, 0.25) is 0 Å². The fourth-order valence-corrected chi connectivity index (χ4v) is 2.61. The third-order valence-corrected chi connectivity index (χ3v) is 3.50. The molecule has 0 radical (unpaired) electrons. The van der Waals surface area contributed by atoms with Gasteiger partial charge in [0.25, 0.3) is 0 Å². The molecular weight excluding hydrogens is 296 g/mol. The highest BCUT2D eigenvalue weighted by Gasteiger charge is 2.39. The van der Waals surface area contributed by atoms with E-state index in [1.54, 1.807) is 13.8 Å². The second-order valence-electron chi connectivity index (χ2n) is 5.61. The second kappa shape index (κ2) is 7.26. The Kier molecular flexibility index (Phi) is 5.36. The third kappa shape index (κ3) is 3.88. The lowest BCUT2D eigenvalue weighted by Crippen LogP contribution is -2.44. The number of hydrogen-bond donors (Lipinski definition) is 1. The van der Waals surface area contributed by atoms with Crippen LogP contribution < -0.4 is 10.1 Å². The quantitative estimate of drug-likeness (QED) is 0.847. The van der Waals surface area contributed by atoms with E-state index in [0.29, 0.717) is 11.5 Å². The molecule has 1 aliphatic rings. The van der Waals surface area contributed by atoms with Crippen LogP contribution in [0.1, 0.15) is 39.3 Å². The van der Waals surface area contributed by atoms with Crippen molar-refractivity contribution in [2.45, 2.75) is 39.8 Å². The van der Waals surface area contributed by atoms with Crippen molar-refractivity contribution in [3.8, 4) is 5.75 Å². The van der Waals surface area contributed by atoms with Crippen molar-refractivity contribution in [3.63, 3.8) is 0 Å². The summed E-state index contributed by atoms with van der Waals surface area (Å²) in [6.07, 6.45) is -0.0220. The highest BCUT2D eigenvalue weighted by molar-refractivity contribution is 6.08. The maximum Gasteiger partial charge on any atom is 0.341 e. The molecular formula is C17H22N2O4. The molecule has 23 heavy (non-hydrogen) atoms. The molecule has 1 heterocycles. The first kappa shape index (κ1) is 17.0. The van der Waals surface area contributed by atoms with Gasteiger partial charge in [0.2, 0.25) is 0 Å². The molecule has 1 N–H and O–H groups in total. The summed E-state index contributed by atoms with van der Waals surface area (Å²) in [6, 6.07) is 6.34. The lowest BCUT2D eigenvalue weighted by atomic mass is 9.88. The number of carbonyl (C=O) groups excluding carboxylic acids is 2. The van der Waals surface area contributed by atoms with Crippen LogP contribution in [0.15, 0.2) is 29.3 Å². The van der Waals surface area contributed by atoms with Crippen LogP contribution in [0, 0.1) is 5.92 Å². The second-order valence-corrected chi connectivity index (χ2v) is 5.61. The molecule has 6 heteroatoms. The minimum absolute atomic E-state index is 0.0220. The van der Waals surface area contributed by atoms with Gasteiger partial charge in [0.1, 0.15) is 11.7 Å². The molecule has 2 amide bonds. The van der Waals surface area contributed by atoms with Gasteiger partial charge in [-0.3, -0.25) is 4.79 Å². The summed E-state index contributed by atoms with van der Waals surface area (Å²) in [4.78, 5) is 28.0. The molecule has 1 aliphatic heterocycles. The smallest absolute Gasteiger partial charge is 0.341 e. The van der Waals surface area contributed by atoms with Crippen LogP contribution in [0.4, 0.5) is 4.79 Å². The van der Waals surface area contributed by atoms with E-state index in [1.807, 2.05) is 38.1 Å². The SMILES string of the molecule is CCOC(=O)C1C(C)=NC(=O)NC1c1ccccc1OC(C)C.